The molecule has 0 spiro atoms. The third kappa shape index (κ3) is 6.61. The van der Waals surface area contributed by atoms with Crippen LogP contribution in [0.25, 0.3) is 16.7 Å². The van der Waals surface area contributed by atoms with Crippen molar-refractivity contribution in [2.24, 2.45) is 7.05 Å². The molecule has 0 saturated heterocycles. The van der Waals surface area contributed by atoms with Crippen molar-refractivity contribution in [3.05, 3.63) is 142 Å². The molecule has 0 atom stereocenters. The number of nitrogens with one attached hydrogen (secondary N) is 1. The summed E-state index contributed by atoms with van der Waals surface area (Å²) in [6, 6.07) is 32.7. The number of hydrogen-bond donors (Lipinski definition) is 1. The van der Waals surface area contributed by atoms with Crippen molar-refractivity contribution in [1.82, 2.24) is 14.1 Å². The summed E-state index contributed by atoms with van der Waals surface area (Å²) in [6.07, 6.45) is -0.0265. The first kappa shape index (κ1) is 30.1. The number of methoxy groups -OCH3 is 1. The number of carbonyl (C=O) groups is 1. The van der Waals surface area contributed by atoms with E-state index in [4.69, 9.17) is 9.47 Å². The van der Waals surface area contributed by atoms with E-state index in [1.165, 1.54) is 22.3 Å². The summed E-state index contributed by atoms with van der Waals surface area (Å²) in [5, 5.41) is 3.07. The van der Waals surface area contributed by atoms with Crippen LogP contribution in [0.4, 0.5) is 15.8 Å². The Labute approximate surface area is 264 Å². The van der Waals surface area contributed by atoms with Gasteiger partial charge in [0.05, 0.1) is 30.3 Å². The maximum Gasteiger partial charge on any atom is 0.333 e. The first-order chi connectivity index (χ1) is 22.4. The van der Waals surface area contributed by atoms with E-state index < -0.39 is 11.8 Å². The van der Waals surface area contributed by atoms with Crippen LogP contribution in [-0.2, 0) is 36.2 Å². The summed E-state index contributed by atoms with van der Waals surface area (Å²) in [5.41, 5.74) is 4.59. The summed E-state index contributed by atoms with van der Waals surface area (Å²) >= 11 is 0. The molecule has 6 rings (SSSR count). The molecule has 46 heavy (non-hydrogen) atoms. The molecule has 0 aliphatic carbocycles. The molecule has 1 N–H and O–H groups in total. The van der Waals surface area contributed by atoms with E-state index in [1.807, 2.05) is 60.7 Å². The van der Waals surface area contributed by atoms with Crippen molar-refractivity contribution in [2.75, 3.05) is 12.4 Å². The van der Waals surface area contributed by atoms with Gasteiger partial charge in [-0.15, -0.1) is 0 Å². The zero-order chi connectivity index (χ0) is 32.0. The minimum Gasteiger partial charge on any atom is -0.473 e. The molecule has 0 aliphatic rings. The third-order valence-corrected chi connectivity index (χ3v) is 7.45. The smallest absolute Gasteiger partial charge is 0.333 e. The normalized spacial score (nSPS) is 10.9. The molecule has 0 radical (unpaired) electrons. The fraction of sp³-hybridized carbons (Fsp3) is 0.139. The lowest BCUT2D eigenvalue weighted by Gasteiger charge is -2.14. The van der Waals surface area contributed by atoms with Gasteiger partial charge in [-0.3, -0.25) is 13.9 Å². The topological polar surface area (TPSA) is 96.6 Å². The molecule has 0 aliphatic heterocycles. The van der Waals surface area contributed by atoms with Crippen LogP contribution in [0.1, 0.15) is 16.7 Å². The number of halogens is 1. The molecule has 9 nitrogen and oxygen atoms in total. The van der Waals surface area contributed by atoms with Gasteiger partial charge in [-0.1, -0.05) is 66.7 Å². The molecular formula is C36H31FN4O5. The number of pyridine rings is 1. The molecule has 232 valence electrons. The number of fused-ring (bicyclic) bond motifs is 1. The first-order valence-electron chi connectivity index (χ1n) is 14.6. The Morgan fingerprint density at radius 3 is 2.17 bits per heavy atom. The summed E-state index contributed by atoms with van der Waals surface area (Å²) in [7, 11) is 2.96. The van der Waals surface area contributed by atoms with Crippen molar-refractivity contribution in [1.29, 1.82) is 0 Å². The largest absolute Gasteiger partial charge is 0.473 e. The van der Waals surface area contributed by atoms with Crippen LogP contribution in [0, 0.1) is 5.82 Å². The highest BCUT2D eigenvalue weighted by atomic mass is 19.1. The predicted octanol–water partition coefficient (Wildman–Crippen LogP) is 6.48. The maximum atomic E-state index is 14.9. The minimum atomic E-state index is -0.520. The summed E-state index contributed by atoms with van der Waals surface area (Å²) in [4.78, 5) is 29.9. The Hall–Kier alpha value is -5.90. The van der Waals surface area contributed by atoms with Crippen LogP contribution in [-0.4, -0.2) is 27.2 Å². The van der Waals surface area contributed by atoms with Gasteiger partial charge in [0.15, 0.2) is 0 Å². The Morgan fingerprint density at radius 1 is 0.804 bits per heavy atom. The summed E-state index contributed by atoms with van der Waals surface area (Å²) < 4.78 is 34.8. The van der Waals surface area contributed by atoms with Gasteiger partial charge in [0.1, 0.15) is 24.7 Å². The first-order valence-corrected chi connectivity index (χ1v) is 14.6. The number of nitrogens with zero attached hydrogens (tertiary/aromatic N) is 3. The quantitative estimate of drug-likeness (QED) is 0.166. The number of hydrogen-bond acceptors (Lipinski definition) is 7. The Kier molecular flexibility index (Phi) is 8.78. The van der Waals surface area contributed by atoms with E-state index >= 15 is 0 Å². The van der Waals surface area contributed by atoms with E-state index in [2.05, 4.69) is 15.0 Å². The van der Waals surface area contributed by atoms with Gasteiger partial charge < -0.3 is 19.5 Å². The highest BCUT2D eigenvalue weighted by Gasteiger charge is 2.19. The van der Waals surface area contributed by atoms with Gasteiger partial charge in [0.25, 0.3) is 0 Å². The number of ether oxygens (including phenoxy) is 3. The lowest BCUT2D eigenvalue weighted by Crippen LogP contribution is -2.21. The van der Waals surface area contributed by atoms with E-state index in [9.17, 15) is 14.0 Å². The zero-order valence-corrected chi connectivity index (χ0v) is 25.3. The van der Waals surface area contributed by atoms with E-state index in [1.54, 1.807) is 49.5 Å². The third-order valence-electron chi connectivity index (χ3n) is 7.45. The van der Waals surface area contributed by atoms with Crippen molar-refractivity contribution in [3.63, 3.8) is 0 Å². The van der Waals surface area contributed by atoms with E-state index in [-0.39, 0.29) is 30.3 Å². The van der Waals surface area contributed by atoms with Crippen LogP contribution in [0.15, 0.2) is 114 Å². The minimum absolute atomic E-state index is 0.0265. The highest BCUT2D eigenvalue weighted by Crippen LogP contribution is 2.30. The Balaban J connectivity index is 1.32. The molecule has 10 heteroatoms. The number of aryl methyl sites for hydroxylation is 1. The molecule has 0 amide bonds. The van der Waals surface area contributed by atoms with Gasteiger partial charge in [-0.05, 0) is 53.1 Å². The molecule has 0 unspecified atom stereocenters. The van der Waals surface area contributed by atoms with Gasteiger partial charge in [0.2, 0.25) is 11.8 Å². The van der Waals surface area contributed by atoms with Gasteiger partial charge in [0, 0.05) is 18.8 Å². The highest BCUT2D eigenvalue weighted by molar-refractivity contribution is 5.83. The van der Waals surface area contributed by atoms with Crippen LogP contribution < -0.4 is 20.5 Å². The predicted molar refractivity (Wildman–Crippen MR) is 173 cm³/mol. The second-order valence-corrected chi connectivity index (χ2v) is 10.6. The van der Waals surface area contributed by atoms with Crippen LogP contribution in [0.3, 0.4) is 0 Å². The maximum absolute atomic E-state index is 14.9. The fourth-order valence-electron chi connectivity index (χ4n) is 5.04. The lowest BCUT2D eigenvalue weighted by molar-refractivity contribution is -0.139. The van der Waals surface area contributed by atoms with Crippen LogP contribution >= 0.6 is 0 Å². The molecule has 2 aromatic heterocycles. The lowest BCUT2D eigenvalue weighted by atomic mass is 10.1. The van der Waals surface area contributed by atoms with Crippen LogP contribution in [0.5, 0.6) is 11.8 Å². The Bertz CT molecular complexity index is 2060. The summed E-state index contributed by atoms with van der Waals surface area (Å²) in [5.74, 6) is -0.377. The van der Waals surface area contributed by atoms with Crippen molar-refractivity contribution >= 4 is 28.4 Å². The summed E-state index contributed by atoms with van der Waals surface area (Å²) in [6.45, 7) is 0.560. The van der Waals surface area contributed by atoms with E-state index in [0.717, 1.165) is 11.1 Å². The molecule has 2 heterocycles. The number of esters is 1. The average Bonchev–Trinajstić information content (AvgIpc) is 3.33. The number of aromatic nitrogens is 3. The molecule has 0 fully saturated rings. The number of imidazole rings is 1. The fourth-order valence-corrected chi connectivity index (χ4v) is 5.04. The number of carbonyl (C=O) groups excluding carboxylic acids is 1. The molecular weight excluding hydrogens is 587 g/mol. The zero-order valence-electron chi connectivity index (χ0n) is 25.3. The van der Waals surface area contributed by atoms with Crippen molar-refractivity contribution in [3.8, 4) is 17.4 Å². The number of anilines is 2. The van der Waals surface area contributed by atoms with Crippen LogP contribution in [0.2, 0.25) is 0 Å². The second kappa shape index (κ2) is 13.4. The number of rotatable bonds is 11. The molecule has 6 aromatic rings. The Morgan fingerprint density at radius 2 is 1.50 bits per heavy atom. The SMILES string of the molecule is COC(=O)Cc1ccc(Nc2ccc3c(c2)n(C)c(=O)n3-c2ccc(OCc3ccccc3)nc2OCc2ccccc2)c(F)c1. The average molecular weight is 619 g/mol. The van der Waals surface area contributed by atoms with Gasteiger partial charge in [-0.2, -0.15) is 4.98 Å². The van der Waals surface area contributed by atoms with Crippen molar-refractivity contribution in [2.45, 2.75) is 19.6 Å². The van der Waals surface area contributed by atoms with Crippen molar-refractivity contribution < 1.29 is 23.4 Å². The molecule has 4 aromatic carbocycles. The monoisotopic (exact) mass is 618 g/mol. The van der Waals surface area contributed by atoms with Gasteiger partial charge >= 0.3 is 11.7 Å². The molecule has 0 bridgehead atoms. The molecule has 0 saturated carbocycles. The van der Waals surface area contributed by atoms with Gasteiger partial charge in [-0.25, -0.2) is 9.18 Å². The number of benzene rings is 4. The second-order valence-electron chi connectivity index (χ2n) is 10.6. The standard InChI is InChI=1S/C36H31FN4O5/c1-40-32-21-27(38-29-15-13-26(19-28(29)37)20-34(42)44-2)14-16-30(32)41(36(40)43)31-17-18-33(45-22-24-9-5-3-6-10-24)39-35(31)46-23-25-11-7-4-8-12-25/h3-19,21,38H,20,22-23H2,1-2H3. The van der Waals surface area contributed by atoms with E-state index in [0.29, 0.717) is 40.5 Å².